The summed E-state index contributed by atoms with van der Waals surface area (Å²) in [6.07, 6.45) is 1.63. The molecule has 1 saturated heterocycles. The predicted molar refractivity (Wildman–Crippen MR) is 99.3 cm³/mol. The Morgan fingerprint density at radius 2 is 1.57 bits per heavy atom. The van der Waals surface area contributed by atoms with Crippen LogP contribution in [0.3, 0.4) is 0 Å². The van der Waals surface area contributed by atoms with Gasteiger partial charge in [0.15, 0.2) is 4.90 Å². The van der Waals surface area contributed by atoms with Crippen LogP contribution >= 0.6 is 0 Å². The van der Waals surface area contributed by atoms with Crippen molar-refractivity contribution < 1.29 is 22.0 Å². The number of carbonyl (C=O) groups is 1. The van der Waals surface area contributed by atoms with E-state index < -0.39 is 26.6 Å². The number of piperazine rings is 1. The number of para-hydroxylation sites is 1. The van der Waals surface area contributed by atoms with E-state index in [4.69, 9.17) is 0 Å². The van der Waals surface area contributed by atoms with Crippen molar-refractivity contribution in [2.45, 2.75) is 4.90 Å². The number of fused-ring (bicyclic) bond motifs is 1. The van der Waals surface area contributed by atoms with Crippen molar-refractivity contribution in [3.8, 4) is 0 Å². The maximum atomic E-state index is 13.9. The number of rotatable bonds is 3. The average Bonchev–Trinajstić information content (AvgIpc) is 3.11. The molecule has 0 spiro atoms. The lowest BCUT2D eigenvalue weighted by molar-refractivity contribution is 0.0699. The molecule has 1 N–H and O–H groups in total. The Hall–Kier alpha value is -2.78. The smallest absolute Gasteiger partial charge is 0.256 e. The monoisotopic (exact) mass is 405 g/mol. The van der Waals surface area contributed by atoms with Crippen LogP contribution in [0.15, 0.2) is 53.6 Å². The van der Waals surface area contributed by atoms with Crippen molar-refractivity contribution in [2.75, 3.05) is 26.2 Å². The fourth-order valence-corrected chi connectivity index (χ4v) is 4.94. The van der Waals surface area contributed by atoms with Gasteiger partial charge < -0.3 is 9.88 Å². The fraction of sp³-hybridized carbons (Fsp3) is 0.211. The molecule has 0 unspecified atom stereocenters. The summed E-state index contributed by atoms with van der Waals surface area (Å²) in [5.74, 6) is -2.47. The quantitative estimate of drug-likeness (QED) is 0.728. The molecule has 3 aromatic rings. The van der Waals surface area contributed by atoms with Crippen LogP contribution in [0.1, 0.15) is 10.4 Å². The number of nitrogens with zero attached hydrogens (tertiary/aromatic N) is 2. The summed E-state index contributed by atoms with van der Waals surface area (Å²) >= 11 is 0. The minimum atomic E-state index is -4.32. The van der Waals surface area contributed by atoms with Crippen molar-refractivity contribution in [1.82, 2.24) is 14.2 Å². The molecule has 2 heterocycles. The van der Waals surface area contributed by atoms with E-state index >= 15 is 0 Å². The van der Waals surface area contributed by atoms with E-state index in [2.05, 4.69) is 4.98 Å². The lowest BCUT2D eigenvalue weighted by Gasteiger charge is -2.34. The van der Waals surface area contributed by atoms with E-state index in [1.54, 1.807) is 11.1 Å². The Labute approximate surface area is 160 Å². The fourth-order valence-electron chi connectivity index (χ4n) is 3.41. The molecule has 1 aliphatic heterocycles. The topological polar surface area (TPSA) is 73.5 Å². The molecule has 1 aromatic heterocycles. The standard InChI is InChI=1S/C19H17F2N3O3S/c20-15-5-3-6-16(21)18(15)28(26,27)24-10-8-23(9-11-24)19(25)14-12-22-17-7-2-1-4-13(14)17/h1-7,12,22H,8-11H2. The predicted octanol–water partition coefficient (Wildman–Crippen LogP) is 2.59. The molecule has 2 aromatic carbocycles. The lowest BCUT2D eigenvalue weighted by Crippen LogP contribution is -2.50. The Bertz CT molecular complexity index is 1130. The van der Waals surface area contributed by atoms with Crippen molar-refractivity contribution in [3.63, 3.8) is 0 Å². The number of sulfonamides is 1. The normalized spacial score (nSPS) is 15.9. The Kier molecular flexibility index (Phi) is 4.64. The molecule has 4 rings (SSSR count). The maximum Gasteiger partial charge on any atom is 0.256 e. The van der Waals surface area contributed by atoms with Crippen LogP contribution in [0.5, 0.6) is 0 Å². The third-order valence-corrected chi connectivity index (χ3v) is 6.81. The van der Waals surface area contributed by atoms with Gasteiger partial charge in [0.25, 0.3) is 5.91 Å². The molecule has 0 bridgehead atoms. The number of nitrogens with one attached hydrogen (secondary N) is 1. The average molecular weight is 405 g/mol. The third-order valence-electron chi connectivity index (χ3n) is 4.86. The van der Waals surface area contributed by atoms with Gasteiger partial charge in [-0.1, -0.05) is 24.3 Å². The number of aromatic amines is 1. The first-order valence-electron chi connectivity index (χ1n) is 8.69. The van der Waals surface area contributed by atoms with Gasteiger partial charge in [0.1, 0.15) is 11.6 Å². The molecule has 0 radical (unpaired) electrons. The summed E-state index contributed by atoms with van der Waals surface area (Å²) in [5.41, 5.74) is 1.34. The molecule has 0 atom stereocenters. The number of halogens is 2. The van der Waals surface area contributed by atoms with E-state index in [1.807, 2.05) is 24.3 Å². The number of carbonyl (C=O) groups excluding carboxylic acids is 1. The number of hydrogen-bond donors (Lipinski definition) is 1. The first kappa shape index (κ1) is 18.6. The van der Waals surface area contributed by atoms with Crippen LogP contribution < -0.4 is 0 Å². The number of hydrogen-bond acceptors (Lipinski definition) is 3. The van der Waals surface area contributed by atoms with Crippen LogP contribution in [0, 0.1) is 11.6 Å². The molecule has 6 nitrogen and oxygen atoms in total. The zero-order chi connectivity index (χ0) is 19.9. The van der Waals surface area contributed by atoms with Gasteiger partial charge in [0.2, 0.25) is 10.0 Å². The molecule has 28 heavy (non-hydrogen) atoms. The van der Waals surface area contributed by atoms with Gasteiger partial charge in [-0.3, -0.25) is 4.79 Å². The summed E-state index contributed by atoms with van der Waals surface area (Å²) in [6, 6.07) is 10.3. The highest BCUT2D eigenvalue weighted by Gasteiger charge is 2.34. The molecule has 1 fully saturated rings. The SMILES string of the molecule is O=C(c1c[nH]c2ccccc12)N1CCN(S(=O)(=O)c2c(F)cccc2F)CC1. The van der Waals surface area contributed by atoms with E-state index in [0.717, 1.165) is 33.4 Å². The number of amides is 1. The molecular formula is C19H17F2N3O3S. The number of H-pyrrole nitrogens is 1. The summed E-state index contributed by atoms with van der Waals surface area (Å²) < 4.78 is 54.2. The van der Waals surface area contributed by atoms with Gasteiger partial charge in [-0.25, -0.2) is 17.2 Å². The highest BCUT2D eigenvalue weighted by Crippen LogP contribution is 2.25. The molecule has 0 saturated carbocycles. The minimum absolute atomic E-state index is 0.0375. The van der Waals surface area contributed by atoms with E-state index in [0.29, 0.717) is 5.56 Å². The van der Waals surface area contributed by atoms with Gasteiger partial charge in [-0.05, 0) is 18.2 Å². The van der Waals surface area contributed by atoms with Crippen molar-refractivity contribution >= 4 is 26.8 Å². The highest BCUT2D eigenvalue weighted by atomic mass is 32.2. The van der Waals surface area contributed by atoms with Gasteiger partial charge in [0, 0.05) is 43.3 Å². The summed E-state index contributed by atoms with van der Waals surface area (Å²) in [6.45, 7) is 0.190. The first-order valence-corrected chi connectivity index (χ1v) is 10.1. The van der Waals surface area contributed by atoms with Crippen LogP contribution in [0.4, 0.5) is 8.78 Å². The van der Waals surface area contributed by atoms with Crippen molar-refractivity contribution in [3.05, 3.63) is 65.9 Å². The van der Waals surface area contributed by atoms with Crippen LogP contribution in [0.25, 0.3) is 10.9 Å². The van der Waals surface area contributed by atoms with E-state index in [9.17, 15) is 22.0 Å². The molecule has 1 aliphatic rings. The van der Waals surface area contributed by atoms with E-state index in [1.165, 1.54) is 0 Å². The number of benzene rings is 2. The van der Waals surface area contributed by atoms with Crippen LogP contribution in [-0.2, 0) is 10.0 Å². The van der Waals surface area contributed by atoms with Crippen LogP contribution in [0.2, 0.25) is 0 Å². The van der Waals surface area contributed by atoms with Gasteiger partial charge >= 0.3 is 0 Å². The maximum absolute atomic E-state index is 13.9. The summed E-state index contributed by atoms with van der Waals surface area (Å²) in [5, 5.41) is 0.788. The zero-order valence-corrected chi connectivity index (χ0v) is 15.5. The molecular weight excluding hydrogens is 388 g/mol. The minimum Gasteiger partial charge on any atom is -0.360 e. The first-order chi connectivity index (χ1) is 13.4. The van der Waals surface area contributed by atoms with Crippen molar-refractivity contribution in [1.29, 1.82) is 0 Å². The Balaban J connectivity index is 1.52. The summed E-state index contributed by atoms with van der Waals surface area (Å²) in [4.78, 5) is 16.5. The molecule has 0 aliphatic carbocycles. The second kappa shape index (κ2) is 6.99. The molecule has 9 heteroatoms. The van der Waals surface area contributed by atoms with Gasteiger partial charge in [-0.15, -0.1) is 0 Å². The van der Waals surface area contributed by atoms with E-state index in [-0.39, 0.29) is 32.1 Å². The van der Waals surface area contributed by atoms with Gasteiger partial charge in [-0.2, -0.15) is 4.31 Å². The number of aromatic nitrogens is 1. The second-order valence-corrected chi connectivity index (χ2v) is 8.37. The third kappa shape index (κ3) is 3.06. The Morgan fingerprint density at radius 3 is 2.25 bits per heavy atom. The lowest BCUT2D eigenvalue weighted by atomic mass is 10.1. The van der Waals surface area contributed by atoms with Gasteiger partial charge in [0.05, 0.1) is 5.56 Å². The largest absolute Gasteiger partial charge is 0.360 e. The van der Waals surface area contributed by atoms with Crippen LogP contribution in [-0.4, -0.2) is 54.7 Å². The van der Waals surface area contributed by atoms with Crippen molar-refractivity contribution in [2.24, 2.45) is 0 Å². The second-order valence-electron chi connectivity index (χ2n) is 6.50. The molecule has 146 valence electrons. The zero-order valence-electron chi connectivity index (χ0n) is 14.7. The Morgan fingerprint density at radius 1 is 0.929 bits per heavy atom. The highest BCUT2D eigenvalue weighted by molar-refractivity contribution is 7.89. The summed E-state index contributed by atoms with van der Waals surface area (Å²) in [7, 11) is -4.32. The molecule has 1 amide bonds.